The summed E-state index contributed by atoms with van der Waals surface area (Å²) in [7, 11) is 0. The molecular formula is C13H14. The van der Waals surface area contributed by atoms with Crippen LogP contribution in [0.25, 0.3) is 0 Å². The second kappa shape index (κ2) is 2.73. The summed E-state index contributed by atoms with van der Waals surface area (Å²) in [5.41, 5.74) is 3.22. The minimum Gasteiger partial charge on any atom is -0.0775 e. The summed E-state index contributed by atoms with van der Waals surface area (Å²) < 4.78 is 0. The van der Waals surface area contributed by atoms with E-state index in [1.807, 2.05) is 0 Å². The molecule has 2 aliphatic carbocycles. The normalized spacial score (nSPS) is 30.6. The van der Waals surface area contributed by atoms with Crippen LogP contribution in [-0.2, 0) is 0 Å². The molecule has 0 saturated heterocycles. The van der Waals surface area contributed by atoms with Gasteiger partial charge in [-0.1, -0.05) is 42.0 Å². The molecule has 1 saturated carbocycles. The topological polar surface area (TPSA) is 0 Å². The van der Waals surface area contributed by atoms with Gasteiger partial charge >= 0.3 is 0 Å². The van der Waals surface area contributed by atoms with Crippen molar-refractivity contribution in [3.05, 3.63) is 47.5 Å². The summed E-state index contributed by atoms with van der Waals surface area (Å²) in [5.74, 6) is 1.67. The third-order valence-corrected chi connectivity index (χ3v) is 3.47. The zero-order valence-electron chi connectivity index (χ0n) is 7.74. The molecular weight excluding hydrogens is 156 g/mol. The van der Waals surface area contributed by atoms with E-state index in [1.54, 1.807) is 5.57 Å². The number of hydrogen-bond acceptors (Lipinski definition) is 0. The average Bonchev–Trinajstić information content (AvgIpc) is 2.80. The quantitative estimate of drug-likeness (QED) is 0.566. The fourth-order valence-electron chi connectivity index (χ4n) is 2.80. The van der Waals surface area contributed by atoms with Crippen molar-refractivity contribution in [2.45, 2.75) is 25.2 Å². The highest BCUT2D eigenvalue weighted by Crippen LogP contribution is 2.47. The molecule has 0 N–H and O–H groups in total. The fourth-order valence-corrected chi connectivity index (χ4v) is 2.80. The van der Waals surface area contributed by atoms with Gasteiger partial charge in [-0.25, -0.2) is 0 Å². The van der Waals surface area contributed by atoms with Crippen molar-refractivity contribution in [1.29, 1.82) is 0 Å². The molecule has 2 atom stereocenters. The average molecular weight is 170 g/mol. The molecule has 13 heavy (non-hydrogen) atoms. The van der Waals surface area contributed by atoms with E-state index in [1.165, 1.54) is 24.8 Å². The fraction of sp³-hybridized carbons (Fsp3) is 0.385. The lowest BCUT2D eigenvalue weighted by Gasteiger charge is -2.18. The van der Waals surface area contributed by atoms with E-state index in [-0.39, 0.29) is 0 Å². The minimum atomic E-state index is 0.741. The first-order valence-corrected chi connectivity index (χ1v) is 5.18. The van der Waals surface area contributed by atoms with Gasteiger partial charge in [0.25, 0.3) is 0 Å². The molecule has 1 aromatic carbocycles. The Balaban J connectivity index is 1.96. The Morgan fingerprint density at radius 3 is 2.54 bits per heavy atom. The summed E-state index contributed by atoms with van der Waals surface area (Å²) in [6.07, 6.45) is 6.67. The van der Waals surface area contributed by atoms with Gasteiger partial charge in [0.2, 0.25) is 0 Å². The van der Waals surface area contributed by atoms with Crippen LogP contribution in [0.1, 0.15) is 30.7 Å². The Morgan fingerprint density at radius 2 is 1.92 bits per heavy atom. The van der Waals surface area contributed by atoms with E-state index in [0.717, 1.165) is 11.8 Å². The number of hydrogen-bond donors (Lipinski definition) is 0. The molecule has 0 aromatic heterocycles. The van der Waals surface area contributed by atoms with Gasteiger partial charge in [0.05, 0.1) is 0 Å². The first-order valence-electron chi connectivity index (χ1n) is 5.18. The summed E-state index contributed by atoms with van der Waals surface area (Å²) in [4.78, 5) is 0. The molecule has 1 aromatic rings. The largest absolute Gasteiger partial charge is 0.0775 e. The van der Waals surface area contributed by atoms with Gasteiger partial charge in [0.1, 0.15) is 0 Å². The molecule has 0 heterocycles. The molecule has 0 radical (unpaired) electrons. The highest BCUT2D eigenvalue weighted by atomic mass is 14.4. The van der Waals surface area contributed by atoms with Crippen LogP contribution >= 0.6 is 0 Å². The molecule has 0 aliphatic heterocycles. The molecule has 2 bridgehead atoms. The van der Waals surface area contributed by atoms with Crippen LogP contribution < -0.4 is 0 Å². The molecule has 0 heteroatoms. The van der Waals surface area contributed by atoms with Crippen LogP contribution in [-0.4, -0.2) is 0 Å². The molecule has 0 nitrogen and oxygen atoms in total. The van der Waals surface area contributed by atoms with Crippen LogP contribution in [0.5, 0.6) is 0 Å². The zero-order chi connectivity index (χ0) is 8.67. The minimum absolute atomic E-state index is 0.741. The van der Waals surface area contributed by atoms with Crippen LogP contribution in [0, 0.1) is 5.92 Å². The molecule has 0 amide bonds. The monoisotopic (exact) mass is 170 g/mol. The lowest BCUT2D eigenvalue weighted by Crippen LogP contribution is -2.04. The third-order valence-electron chi connectivity index (χ3n) is 3.47. The molecule has 0 spiro atoms. The Bertz CT molecular complexity index is 334. The highest BCUT2D eigenvalue weighted by Gasteiger charge is 2.33. The van der Waals surface area contributed by atoms with Crippen molar-refractivity contribution in [2.24, 2.45) is 5.92 Å². The van der Waals surface area contributed by atoms with Gasteiger partial charge in [0.15, 0.2) is 0 Å². The second-order valence-corrected chi connectivity index (χ2v) is 4.26. The standard InChI is InChI=1S/C13H14/c1-2-4-11(5-3-1)13-9-10-6-7-12(13)8-10/h1-5,9,12-13H,6-8H2. The van der Waals surface area contributed by atoms with Crippen LogP contribution in [0.3, 0.4) is 0 Å². The van der Waals surface area contributed by atoms with Crippen molar-refractivity contribution < 1.29 is 0 Å². The van der Waals surface area contributed by atoms with Gasteiger partial charge < -0.3 is 0 Å². The maximum absolute atomic E-state index is 2.50. The second-order valence-electron chi connectivity index (χ2n) is 4.26. The Morgan fingerprint density at radius 1 is 1.08 bits per heavy atom. The molecule has 2 aliphatic rings. The third kappa shape index (κ3) is 1.13. The first kappa shape index (κ1) is 7.37. The summed E-state index contributed by atoms with van der Waals surface area (Å²) in [6.45, 7) is 0. The van der Waals surface area contributed by atoms with E-state index in [2.05, 4.69) is 36.4 Å². The lowest BCUT2D eigenvalue weighted by atomic mass is 9.87. The SMILES string of the molecule is C1=C2CCC(C2)C1c1ccccc1. The maximum atomic E-state index is 2.50. The smallest absolute Gasteiger partial charge is 0.00521 e. The van der Waals surface area contributed by atoms with Gasteiger partial charge in [-0.2, -0.15) is 0 Å². The van der Waals surface area contributed by atoms with Gasteiger partial charge in [0, 0.05) is 5.92 Å². The van der Waals surface area contributed by atoms with Crippen molar-refractivity contribution in [3.8, 4) is 0 Å². The zero-order valence-corrected chi connectivity index (χ0v) is 7.74. The van der Waals surface area contributed by atoms with E-state index in [9.17, 15) is 0 Å². The number of allylic oxidation sites excluding steroid dienone is 2. The number of benzene rings is 1. The van der Waals surface area contributed by atoms with Crippen LogP contribution in [0.2, 0.25) is 0 Å². The predicted octanol–water partition coefficient (Wildman–Crippen LogP) is 3.51. The Labute approximate surface area is 79.3 Å². The van der Waals surface area contributed by atoms with E-state index >= 15 is 0 Å². The molecule has 66 valence electrons. The lowest BCUT2D eigenvalue weighted by molar-refractivity contribution is 0.512. The van der Waals surface area contributed by atoms with Crippen molar-refractivity contribution in [2.75, 3.05) is 0 Å². The number of fused-ring (bicyclic) bond motifs is 2. The molecule has 2 unspecified atom stereocenters. The van der Waals surface area contributed by atoms with E-state index in [0.29, 0.717) is 0 Å². The van der Waals surface area contributed by atoms with E-state index < -0.39 is 0 Å². The Kier molecular flexibility index (Phi) is 1.55. The summed E-state index contributed by atoms with van der Waals surface area (Å²) >= 11 is 0. The van der Waals surface area contributed by atoms with Crippen LogP contribution in [0.4, 0.5) is 0 Å². The van der Waals surface area contributed by atoms with Crippen molar-refractivity contribution >= 4 is 0 Å². The summed E-state index contributed by atoms with van der Waals surface area (Å²) in [6, 6.07) is 10.9. The first-order chi connectivity index (χ1) is 6.43. The van der Waals surface area contributed by atoms with Crippen molar-refractivity contribution in [3.63, 3.8) is 0 Å². The maximum Gasteiger partial charge on any atom is 0.00521 e. The van der Waals surface area contributed by atoms with Gasteiger partial charge in [-0.3, -0.25) is 0 Å². The Hall–Kier alpha value is -1.04. The van der Waals surface area contributed by atoms with Crippen molar-refractivity contribution in [1.82, 2.24) is 0 Å². The van der Waals surface area contributed by atoms with Gasteiger partial charge in [-0.05, 0) is 30.7 Å². The highest BCUT2D eigenvalue weighted by molar-refractivity contribution is 5.33. The molecule has 1 fully saturated rings. The summed E-state index contributed by atoms with van der Waals surface area (Å²) in [5, 5.41) is 0. The van der Waals surface area contributed by atoms with Gasteiger partial charge in [-0.15, -0.1) is 0 Å². The molecule has 3 rings (SSSR count). The van der Waals surface area contributed by atoms with Crippen LogP contribution in [0.15, 0.2) is 42.0 Å². The van der Waals surface area contributed by atoms with E-state index in [4.69, 9.17) is 0 Å². The number of rotatable bonds is 1. The predicted molar refractivity (Wildman–Crippen MR) is 54.6 cm³/mol.